The summed E-state index contributed by atoms with van der Waals surface area (Å²) in [6.45, 7) is 6.00. The highest BCUT2D eigenvalue weighted by atomic mass is 16.5. The molecule has 0 amide bonds. The van der Waals surface area contributed by atoms with Crippen LogP contribution in [0.5, 0.6) is 5.75 Å². The van der Waals surface area contributed by atoms with Gasteiger partial charge in [0.25, 0.3) is 0 Å². The first-order valence-electron chi connectivity index (χ1n) is 6.81. The third-order valence-corrected chi connectivity index (χ3v) is 3.00. The minimum Gasteiger partial charge on any atom is -0.489 e. The van der Waals surface area contributed by atoms with Crippen molar-refractivity contribution in [1.29, 1.82) is 0 Å². The molecule has 1 atom stereocenters. The van der Waals surface area contributed by atoms with Gasteiger partial charge in [0.1, 0.15) is 5.75 Å². The molecule has 0 radical (unpaired) electrons. The zero-order valence-electron chi connectivity index (χ0n) is 12.4. The molecule has 4 heteroatoms. The van der Waals surface area contributed by atoms with Crippen molar-refractivity contribution in [3.63, 3.8) is 0 Å². The second kappa shape index (κ2) is 6.48. The third-order valence-electron chi connectivity index (χ3n) is 3.00. The second-order valence-electron chi connectivity index (χ2n) is 5.08. The molecule has 2 aromatic rings. The van der Waals surface area contributed by atoms with Gasteiger partial charge in [0.15, 0.2) is 0 Å². The Morgan fingerprint density at radius 1 is 1.10 bits per heavy atom. The molecule has 1 unspecified atom stereocenters. The first-order valence-corrected chi connectivity index (χ1v) is 6.81. The van der Waals surface area contributed by atoms with Crippen LogP contribution < -0.4 is 10.1 Å². The van der Waals surface area contributed by atoms with Crippen molar-refractivity contribution in [1.82, 2.24) is 15.3 Å². The fourth-order valence-corrected chi connectivity index (χ4v) is 2.11. The maximum atomic E-state index is 5.70. The van der Waals surface area contributed by atoms with Gasteiger partial charge >= 0.3 is 0 Å². The van der Waals surface area contributed by atoms with E-state index in [0.29, 0.717) is 0 Å². The van der Waals surface area contributed by atoms with Crippen molar-refractivity contribution in [2.75, 3.05) is 7.05 Å². The summed E-state index contributed by atoms with van der Waals surface area (Å²) >= 11 is 0. The predicted molar refractivity (Wildman–Crippen MR) is 79.9 cm³/mol. The minimum atomic E-state index is 0.0614. The van der Waals surface area contributed by atoms with Crippen LogP contribution in [0.25, 0.3) is 0 Å². The number of aryl methyl sites for hydroxylation is 1. The van der Waals surface area contributed by atoms with Crippen molar-refractivity contribution in [2.24, 2.45) is 0 Å². The topological polar surface area (TPSA) is 47.0 Å². The standard InChI is InChI=1S/C16H21N3O/c1-11(2)20-15-7-14(8-18-10-15)16(17-4)13-6-5-12(3)19-9-13/h5-11,16-17H,1-4H3. The molecule has 106 valence electrons. The smallest absolute Gasteiger partial charge is 0.138 e. The Kier molecular flexibility index (Phi) is 4.69. The summed E-state index contributed by atoms with van der Waals surface area (Å²) < 4.78 is 5.70. The highest BCUT2D eigenvalue weighted by molar-refractivity contribution is 5.33. The van der Waals surface area contributed by atoms with Gasteiger partial charge in [0.05, 0.1) is 18.3 Å². The summed E-state index contributed by atoms with van der Waals surface area (Å²) in [5.74, 6) is 0.790. The Labute approximate surface area is 120 Å². The molecular formula is C16H21N3O. The maximum Gasteiger partial charge on any atom is 0.138 e. The van der Waals surface area contributed by atoms with Gasteiger partial charge in [-0.2, -0.15) is 0 Å². The van der Waals surface area contributed by atoms with E-state index in [9.17, 15) is 0 Å². The Morgan fingerprint density at radius 3 is 2.50 bits per heavy atom. The SMILES string of the molecule is CNC(c1ccc(C)nc1)c1cncc(OC(C)C)c1. The van der Waals surface area contributed by atoms with E-state index in [2.05, 4.69) is 21.4 Å². The molecule has 2 heterocycles. The molecule has 0 bridgehead atoms. The van der Waals surface area contributed by atoms with E-state index in [1.54, 1.807) is 6.20 Å². The summed E-state index contributed by atoms with van der Waals surface area (Å²) in [4.78, 5) is 8.62. The summed E-state index contributed by atoms with van der Waals surface area (Å²) in [6, 6.07) is 6.18. The number of hydrogen-bond acceptors (Lipinski definition) is 4. The van der Waals surface area contributed by atoms with Gasteiger partial charge in [0, 0.05) is 18.1 Å². The third kappa shape index (κ3) is 3.54. The minimum absolute atomic E-state index is 0.0614. The molecule has 1 N–H and O–H groups in total. The molecular weight excluding hydrogens is 250 g/mol. The van der Waals surface area contributed by atoms with Crippen LogP contribution in [0.4, 0.5) is 0 Å². The maximum absolute atomic E-state index is 5.70. The van der Waals surface area contributed by atoms with Gasteiger partial charge in [-0.05, 0) is 51.1 Å². The molecule has 0 spiro atoms. The number of rotatable bonds is 5. The van der Waals surface area contributed by atoms with Crippen LogP contribution in [0, 0.1) is 6.92 Å². The highest BCUT2D eigenvalue weighted by Crippen LogP contribution is 2.24. The summed E-state index contributed by atoms with van der Waals surface area (Å²) in [5.41, 5.74) is 3.19. The largest absolute Gasteiger partial charge is 0.489 e. The number of ether oxygens (including phenoxy) is 1. The monoisotopic (exact) mass is 271 g/mol. The van der Waals surface area contributed by atoms with Crippen molar-refractivity contribution in [2.45, 2.75) is 32.9 Å². The Hall–Kier alpha value is -1.94. The van der Waals surface area contributed by atoms with Crippen LogP contribution in [-0.4, -0.2) is 23.1 Å². The van der Waals surface area contributed by atoms with E-state index in [0.717, 1.165) is 22.6 Å². The number of nitrogens with one attached hydrogen (secondary N) is 1. The molecule has 2 rings (SSSR count). The van der Waals surface area contributed by atoms with Gasteiger partial charge in [0.2, 0.25) is 0 Å². The molecule has 4 nitrogen and oxygen atoms in total. The van der Waals surface area contributed by atoms with Crippen LogP contribution in [0.15, 0.2) is 36.8 Å². The number of aromatic nitrogens is 2. The molecule has 20 heavy (non-hydrogen) atoms. The lowest BCUT2D eigenvalue weighted by Gasteiger charge is -2.18. The van der Waals surface area contributed by atoms with Crippen molar-refractivity contribution in [3.8, 4) is 5.75 Å². The molecule has 0 saturated carbocycles. The average Bonchev–Trinajstić information content (AvgIpc) is 2.41. The zero-order valence-corrected chi connectivity index (χ0v) is 12.4. The first-order chi connectivity index (χ1) is 9.60. The fourth-order valence-electron chi connectivity index (χ4n) is 2.11. The van der Waals surface area contributed by atoms with Crippen molar-refractivity contribution in [3.05, 3.63) is 53.6 Å². The first kappa shape index (κ1) is 14.5. The highest BCUT2D eigenvalue weighted by Gasteiger charge is 2.13. The van der Waals surface area contributed by atoms with Gasteiger partial charge < -0.3 is 10.1 Å². The van der Waals surface area contributed by atoms with E-state index in [1.165, 1.54) is 0 Å². The van der Waals surface area contributed by atoms with Crippen LogP contribution in [0.2, 0.25) is 0 Å². The second-order valence-corrected chi connectivity index (χ2v) is 5.08. The quantitative estimate of drug-likeness (QED) is 0.908. The molecule has 0 fully saturated rings. The van der Waals surface area contributed by atoms with E-state index < -0.39 is 0 Å². The fraction of sp³-hybridized carbons (Fsp3) is 0.375. The van der Waals surface area contributed by atoms with Gasteiger partial charge in [-0.3, -0.25) is 9.97 Å². The molecule has 2 aromatic heterocycles. The summed E-state index contributed by atoms with van der Waals surface area (Å²) in [7, 11) is 1.93. The number of hydrogen-bond donors (Lipinski definition) is 1. The van der Waals surface area contributed by atoms with E-state index >= 15 is 0 Å². The predicted octanol–water partition coefficient (Wildman–Crippen LogP) is 2.88. The lowest BCUT2D eigenvalue weighted by molar-refractivity contribution is 0.241. The Morgan fingerprint density at radius 2 is 1.90 bits per heavy atom. The summed E-state index contributed by atoms with van der Waals surface area (Å²) in [6.07, 6.45) is 5.63. The number of nitrogens with zero attached hydrogens (tertiary/aromatic N) is 2. The zero-order chi connectivity index (χ0) is 14.5. The average molecular weight is 271 g/mol. The van der Waals surface area contributed by atoms with Gasteiger partial charge in [-0.1, -0.05) is 6.07 Å². The van der Waals surface area contributed by atoms with E-state index in [1.807, 2.05) is 52.3 Å². The lowest BCUT2D eigenvalue weighted by Crippen LogP contribution is -2.18. The van der Waals surface area contributed by atoms with Crippen molar-refractivity contribution >= 4 is 0 Å². The molecule has 0 aliphatic rings. The molecule has 0 aliphatic heterocycles. The number of pyridine rings is 2. The Bertz CT molecular complexity index is 552. The van der Waals surface area contributed by atoms with Crippen molar-refractivity contribution < 1.29 is 4.74 Å². The molecule has 0 aromatic carbocycles. The normalized spacial score (nSPS) is 12.4. The van der Waals surface area contributed by atoms with E-state index in [4.69, 9.17) is 4.74 Å². The van der Waals surface area contributed by atoms with Gasteiger partial charge in [-0.25, -0.2) is 0 Å². The van der Waals surface area contributed by atoms with E-state index in [-0.39, 0.29) is 12.1 Å². The molecule has 0 aliphatic carbocycles. The van der Waals surface area contributed by atoms with Crippen LogP contribution in [0.1, 0.15) is 36.7 Å². The lowest BCUT2D eigenvalue weighted by atomic mass is 10.0. The Balaban J connectivity index is 2.29. The van der Waals surface area contributed by atoms with Crippen LogP contribution in [-0.2, 0) is 0 Å². The van der Waals surface area contributed by atoms with Crippen LogP contribution in [0.3, 0.4) is 0 Å². The summed E-state index contributed by atoms with van der Waals surface area (Å²) in [5, 5.41) is 3.30. The van der Waals surface area contributed by atoms with Crippen LogP contribution >= 0.6 is 0 Å². The molecule has 0 saturated heterocycles. The van der Waals surface area contributed by atoms with Gasteiger partial charge in [-0.15, -0.1) is 0 Å².